The number of hydrogen-bond donors (Lipinski definition) is 2. The molecule has 0 atom stereocenters. The van der Waals surface area contributed by atoms with Crippen LogP contribution in [0.5, 0.6) is 0 Å². The first-order valence-electron chi connectivity index (χ1n) is 4.53. The largest absolute Gasteiger partial charge is 0.254 e. The summed E-state index contributed by atoms with van der Waals surface area (Å²) in [6.45, 7) is 4.50. The molecule has 1 aliphatic rings. The van der Waals surface area contributed by atoms with Crippen molar-refractivity contribution < 1.29 is 0 Å². The highest BCUT2D eigenvalue weighted by Crippen LogP contribution is 2.16. The number of hydrogen-bond acceptors (Lipinski definition) is 2. The second kappa shape index (κ2) is 5.33. The second-order valence-electron chi connectivity index (χ2n) is 3.15. The lowest BCUT2D eigenvalue weighted by molar-refractivity contribution is 0.341. The highest BCUT2D eigenvalue weighted by Gasteiger charge is 2.11. The van der Waals surface area contributed by atoms with Gasteiger partial charge in [0.1, 0.15) is 0 Å². The van der Waals surface area contributed by atoms with Crippen LogP contribution in [0.1, 0.15) is 32.1 Å². The Kier molecular flexibility index (Phi) is 4.24. The standard InChI is InChI=1S/C9H18N2/c1-2-8-10-11-9-6-4-3-5-7-9/h2,9-11H,1,3-8H2. The predicted molar refractivity (Wildman–Crippen MR) is 48.2 cm³/mol. The summed E-state index contributed by atoms with van der Waals surface area (Å²) in [6.07, 6.45) is 8.70. The Hall–Kier alpha value is -0.340. The van der Waals surface area contributed by atoms with Gasteiger partial charge < -0.3 is 0 Å². The van der Waals surface area contributed by atoms with Crippen molar-refractivity contribution in [3.63, 3.8) is 0 Å². The number of hydrazine groups is 1. The third kappa shape index (κ3) is 3.54. The normalized spacial score (nSPS) is 20.0. The zero-order valence-corrected chi connectivity index (χ0v) is 7.10. The molecule has 0 aromatic heterocycles. The third-order valence-corrected chi connectivity index (χ3v) is 2.16. The zero-order valence-electron chi connectivity index (χ0n) is 7.10. The molecule has 0 unspecified atom stereocenters. The molecule has 0 bridgehead atoms. The maximum absolute atomic E-state index is 3.64. The Labute approximate surface area is 69.0 Å². The fraction of sp³-hybridized carbons (Fsp3) is 0.778. The fourth-order valence-corrected chi connectivity index (χ4v) is 1.52. The zero-order chi connectivity index (χ0) is 7.94. The monoisotopic (exact) mass is 154 g/mol. The molecular formula is C9H18N2. The van der Waals surface area contributed by atoms with Crippen molar-refractivity contribution in [3.05, 3.63) is 12.7 Å². The van der Waals surface area contributed by atoms with Crippen LogP contribution < -0.4 is 10.9 Å². The minimum absolute atomic E-state index is 0.698. The van der Waals surface area contributed by atoms with Crippen LogP contribution in [0.4, 0.5) is 0 Å². The Balaban J connectivity index is 2.00. The van der Waals surface area contributed by atoms with Gasteiger partial charge in [0.25, 0.3) is 0 Å². The Morgan fingerprint density at radius 2 is 2.00 bits per heavy atom. The van der Waals surface area contributed by atoms with Crippen molar-refractivity contribution in [1.29, 1.82) is 0 Å². The third-order valence-electron chi connectivity index (χ3n) is 2.16. The molecule has 2 N–H and O–H groups in total. The predicted octanol–water partition coefficient (Wildman–Crippen LogP) is 1.60. The van der Waals surface area contributed by atoms with E-state index >= 15 is 0 Å². The summed E-state index contributed by atoms with van der Waals surface area (Å²) < 4.78 is 0. The van der Waals surface area contributed by atoms with E-state index in [-0.39, 0.29) is 0 Å². The maximum Gasteiger partial charge on any atom is 0.0278 e. The molecule has 0 saturated heterocycles. The van der Waals surface area contributed by atoms with Gasteiger partial charge in [0, 0.05) is 12.6 Å². The van der Waals surface area contributed by atoms with Gasteiger partial charge in [-0.15, -0.1) is 6.58 Å². The summed E-state index contributed by atoms with van der Waals surface area (Å²) in [5, 5.41) is 0. The van der Waals surface area contributed by atoms with Gasteiger partial charge in [0.2, 0.25) is 0 Å². The Morgan fingerprint density at radius 1 is 1.27 bits per heavy atom. The highest BCUT2D eigenvalue weighted by molar-refractivity contribution is 4.72. The van der Waals surface area contributed by atoms with E-state index < -0.39 is 0 Å². The van der Waals surface area contributed by atoms with E-state index in [2.05, 4.69) is 17.4 Å². The topological polar surface area (TPSA) is 24.1 Å². The lowest BCUT2D eigenvalue weighted by Gasteiger charge is -2.22. The van der Waals surface area contributed by atoms with Crippen LogP contribution in [0, 0.1) is 0 Å². The molecule has 64 valence electrons. The number of nitrogens with one attached hydrogen (secondary N) is 2. The highest BCUT2D eigenvalue weighted by atomic mass is 15.4. The SMILES string of the molecule is C=CCNNC1CCCCC1. The molecule has 0 spiro atoms. The lowest BCUT2D eigenvalue weighted by atomic mass is 9.96. The molecule has 0 aromatic rings. The maximum atomic E-state index is 3.64. The molecular weight excluding hydrogens is 136 g/mol. The van der Waals surface area contributed by atoms with Crippen LogP contribution in [0.15, 0.2) is 12.7 Å². The molecule has 2 heteroatoms. The van der Waals surface area contributed by atoms with Crippen molar-refractivity contribution in [2.75, 3.05) is 6.54 Å². The van der Waals surface area contributed by atoms with Gasteiger partial charge in [-0.2, -0.15) is 0 Å². The van der Waals surface area contributed by atoms with Crippen molar-refractivity contribution in [3.8, 4) is 0 Å². The fourth-order valence-electron chi connectivity index (χ4n) is 1.52. The smallest absolute Gasteiger partial charge is 0.0278 e. The first-order chi connectivity index (χ1) is 5.43. The first-order valence-corrected chi connectivity index (χ1v) is 4.53. The van der Waals surface area contributed by atoms with Gasteiger partial charge in [-0.3, -0.25) is 10.9 Å². The van der Waals surface area contributed by atoms with Crippen molar-refractivity contribution in [1.82, 2.24) is 10.9 Å². The molecule has 11 heavy (non-hydrogen) atoms. The summed E-state index contributed by atoms with van der Waals surface area (Å²) in [7, 11) is 0. The van der Waals surface area contributed by atoms with Crippen LogP contribution in [0.3, 0.4) is 0 Å². The van der Waals surface area contributed by atoms with E-state index in [1.165, 1.54) is 32.1 Å². The van der Waals surface area contributed by atoms with Gasteiger partial charge >= 0.3 is 0 Å². The number of rotatable bonds is 4. The van der Waals surface area contributed by atoms with Crippen molar-refractivity contribution >= 4 is 0 Å². The van der Waals surface area contributed by atoms with E-state index in [0.29, 0.717) is 6.04 Å². The van der Waals surface area contributed by atoms with Gasteiger partial charge in [0.15, 0.2) is 0 Å². The van der Waals surface area contributed by atoms with E-state index in [0.717, 1.165) is 6.54 Å². The van der Waals surface area contributed by atoms with Gasteiger partial charge in [0.05, 0.1) is 0 Å². The molecule has 0 aromatic carbocycles. The van der Waals surface area contributed by atoms with E-state index in [9.17, 15) is 0 Å². The van der Waals surface area contributed by atoms with E-state index in [1.807, 2.05) is 6.08 Å². The Morgan fingerprint density at radius 3 is 2.64 bits per heavy atom. The summed E-state index contributed by atoms with van der Waals surface area (Å²) in [5.74, 6) is 0. The van der Waals surface area contributed by atoms with Crippen LogP contribution in [-0.2, 0) is 0 Å². The van der Waals surface area contributed by atoms with Gasteiger partial charge in [-0.05, 0) is 12.8 Å². The average Bonchev–Trinajstić information content (AvgIpc) is 2.07. The molecule has 1 rings (SSSR count). The Bertz CT molecular complexity index is 106. The molecule has 0 heterocycles. The molecule has 1 saturated carbocycles. The minimum atomic E-state index is 0.698. The minimum Gasteiger partial charge on any atom is -0.254 e. The summed E-state index contributed by atoms with van der Waals surface area (Å²) in [6, 6.07) is 0.698. The van der Waals surface area contributed by atoms with Crippen molar-refractivity contribution in [2.24, 2.45) is 0 Å². The van der Waals surface area contributed by atoms with Gasteiger partial charge in [-0.1, -0.05) is 25.3 Å². The quantitative estimate of drug-likeness (QED) is 0.365. The van der Waals surface area contributed by atoms with E-state index in [4.69, 9.17) is 0 Å². The molecule has 1 aliphatic carbocycles. The van der Waals surface area contributed by atoms with Crippen LogP contribution in [0.2, 0.25) is 0 Å². The van der Waals surface area contributed by atoms with Crippen LogP contribution >= 0.6 is 0 Å². The first kappa shape index (κ1) is 8.75. The summed E-state index contributed by atoms with van der Waals surface area (Å²) >= 11 is 0. The van der Waals surface area contributed by atoms with Crippen LogP contribution in [0.25, 0.3) is 0 Å². The molecule has 2 nitrogen and oxygen atoms in total. The molecule has 1 fully saturated rings. The summed E-state index contributed by atoms with van der Waals surface area (Å²) in [4.78, 5) is 0. The van der Waals surface area contributed by atoms with E-state index in [1.54, 1.807) is 0 Å². The molecule has 0 amide bonds. The summed E-state index contributed by atoms with van der Waals surface area (Å²) in [5.41, 5.74) is 6.44. The van der Waals surface area contributed by atoms with Gasteiger partial charge in [-0.25, -0.2) is 0 Å². The lowest BCUT2D eigenvalue weighted by Crippen LogP contribution is -2.41. The molecule has 0 radical (unpaired) electrons. The second-order valence-corrected chi connectivity index (χ2v) is 3.15. The van der Waals surface area contributed by atoms with Crippen molar-refractivity contribution in [2.45, 2.75) is 38.1 Å². The molecule has 0 aliphatic heterocycles. The van der Waals surface area contributed by atoms with Crippen LogP contribution in [-0.4, -0.2) is 12.6 Å². The average molecular weight is 154 g/mol.